The molecule has 0 aliphatic heterocycles. The fraction of sp³-hybridized carbons (Fsp3) is 0.115. The summed E-state index contributed by atoms with van der Waals surface area (Å²) in [6.07, 6.45) is 4.60. The Balaban J connectivity index is 1.84. The van der Waals surface area contributed by atoms with Crippen LogP contribution < -0.4 is 5.56 Å². The molecule has 1 atom stereocenters. The second-order valence-electron chi connectivity index (χ2n) is 8.12. The van der Waals surface area contributed by atoms with Gasteiger partial charge >= 0.3 is 0 Å². The third kappa shape index (κ3) is 3.73. The molecule has 3 aromatic heterocycles. The predicted molar refractivity (Wildman–Crippen MR) is 141 cm³/mol. The Kier molecular flexibility index (Phi) is 5.77. The Morgan fingerprint density at radius 2 is 1.76 bits per heavy atom. The summed E-state index contributed by atoms with van der Waals surface area (Å²) >= 11 is 8.42. The minimum Gasteiger partial charge on any atom is -0.334 e. The van der Waals surface area contributed by atoms with Crippen molar-refractivity contribution in [1.29, 1.82) is 0 Å². The van der Waals surface area contributed by atoms with Crippen LogP contribution in [0.4, 0.5) is 4.39 Å². The minimum absolute atomic E-state index is 0.210. The van der Waals surface area contributed by atoms with Gasteiger partial charge in [0.05, 0.1) is 18.2 Å². The van der Waals surface area contributed by atoms with Crippen molar-refractivity contribution in [2.75, 3.05) is 0 Å². The highest BCUT2D eigenvalue weighted by Crippen LogP contribution is 2.42. The number of fused-ring (bicyclic) bond motifs is 1. The second-order valence-corrected chi connectivity index (χ2v) is 9.80. The first kappa shape index (κ1) is 22.7. The summed E-state index contributed by atoms with van der Waals surface area (Å²) in [6, 6.07) is 17.8. The number of nitrogens with zero attached hydrogens (tertiary/aromatic N) is 4. The molecule has 0 amide bonds. The summed E-state index contributed by atoms with van der Waals surface area (Å²) in [6.45, 7) is 0. The van der Waals surface area contributed by atoms with Gasteiger partial charge < -0.3 is 4.57 Å². The number of rotatable bonds is 4. The van der Waals surface area contributed by atoms with Crippen molar-refractivity contribution in [2.24, 2.45) is 14.1 Å². The van der Waals surface area contributed by atoms with Gasteiger partial charge in [-0.05, 0) is 69.6 Å². The fourth-order valence-electron chi connectivity index (χ4n) is 4.24. The van der Waals surface area contributed by atoms with Gasteiger partial charge in [0.15, 0.2) is 0 Å². The molecule has 5 aromatic rings. The van der Waals surface area contributed by atoms with Gasteiger partial charge in [0.2, 0.25) is 5.67 Å². The van der Waals surface area contributed by atoms with E-state index in [1.165, 1.54) is 23.0 Å². The van der Waals surface area contributed by atoms with Gasteiger partial charge in [-0.15, -0.1) is 0 Å². The zero-order valence-electron chi connectivity index (χ0n) is 18.3. The molecule has 0 N–H and O–H groups in total. The molecule has 0 spiro atoms. The summed E-state index contributed by atoms with van der Waals surface area (Å²) in [7, 11) is 3.42. The molecule has 5 nitrogen and oxygen atoms in total. The number of aryl methyl sites for hydroxylation is 2. The number of aromatic nitrogens is 4. The molecule has 8 heteroatoms. The average molecular weight is 585 g/mol. The summed E-state index contributed by atoms with van der Waals surface area (Å²) in [5.41, 5.74) is 0.817. The third-order valence-corrected chi connectivity index (χ3v) is 6.97. The first-order valence-electron chi connectivity index (χ1n) is 10.5. The number of pyridine rings is 2. The predicted octanol–water partition coefficient (Wildman–Crippen LogP) is 5.85. The number of hydrogen-bond acceptors (Lipinski definition) is 3. The Labute approximate surface area is 214 Å². The van der Waals surface area contributed by atoms with E-state index in [9.17, 15) is 4.79 Å². The quantitative estimate of drug-likeness (QED) is 0.249. The van der Waals surface area contributed by atoms with E-state index in [0.29, 0.717) is 38.4 Å². The zero-order valence-corrected chi connectivity index (χ0v) is 21.2. The first-order valence-corrected chi connectivity index (χ1v) is 11.9. The average Bonchev–Trinajstić information content (AvgIpc) is 3.27. The van der Waals surface area contributed by atoms with Gasteiger partial charge in [-0.25, -0.2) is 14.4 Å². The van der Waals surface area contributed by atoms with E-state index in [0.717, 1.165) is 9.13 Å². The molecule has 0 saturated carbocycles. The fourth-order valence-corrected chi connectivity index (χ4v) is 4.79. The second kappa shape index (κ2) is 8.63. The Morgan fingerprint density at radius 3 is 2.44 bits per heavy atom. The lowest BCUT2D eigenvalue weighted by Gasteiger charge is -2.27. The molecule has 0 aliphatic carbocycles. The van der Waals surface area contributed by atoms with Gasteiger partial charge in [-0.3, -0.25) is 9.36 Å². The maximum Gasteiger partial charge on any atom is 0.252 e. The highest BCUT2D eigenvalue weighted by Gasteiger charge is 2.40. The van der Waals surface area contributed by atoms with Crippen LogP contribution in [-0.2, 0) is 19.8 Å². The molecule has 0 fully saturated rings. The van der Waals surface area contributed by atoms with Crippen LogP contribution >= 0.6 is 34.2 Å². The van der Waals surface area contributed by atoms with Crippen molar-refractivity contribution in [1.82, 2.24) is 19.1 Å². The number of benzene rings is 2. The molecule has 3 heterocycles. The smallest absolute Gasteiger partial charge is 0.252 e. The van der Waals surface area contributed by atoms with Crippen LogP contribution in [0.5, 0.6) is 0 Å². The van der Waals surface area contributed by atoms with Gasteiger partial charge in [0, 0.05) is 45.9 Å². The summed E-state index contributed by atoms with van der Waals surface area (Å²) < 4.78 is 21.5. The lowest BCUT2D eigenvalue weighted by Crippen LogP contribution is -2.27. The van der Waals surface area contributed by atoms with Gasteiger partial charge in [-0.1, -0.05) is 35.9 Å². The monoisotopic (exact) mass is 584 g/mol. The summed E-state index contributed by atoms with van der Waals surface area (Å²) in [4.78, 5) is 21.4. The van der Waals surface area contributed by atoms with Crippen molar-refractivity contribution >= 4 is 45.2 Å². The minimum atomic E-state index is -2.02. The number of alkyl halides is 1. The number of imidazole rings is 1. The Hall–Kier alpha value is -3.04. The van der Waals surface area contributed by atoms with Crippen LogP contribution in [-0.4, -0.2) is 19.1 Å². The van der Waals surface area contributed by atoms with Crippen LogP contribution in [0.15, 0.2) is 84.2 Å². The third-order valence-electron chi connectivity index (χ3n) is 6.02. The molecule has 0 radical (unpaired) electrons. The summed E-state index contributed by atoms with van der Waals surface area (Å²) in [5, 5.41) is 1.20. The lowest BCUT2D eigenvalue weighted by atomic mass is 9.85. The van der Waals surface area contributed by atoms with E-state index in [4.69, 9.17) is 11.6 Å². The molecule has 5 rings (SSSR count). The lowest BCUT2D eigenvalue weighted by molar-refractivity contribution is 0.266. The number of halogens is 3. The number of hydrogen-bond donors (Lipinski definition) is 0. The highest BCUT2D eigenvalue weighted by atomic mass is 127. The van der Waals surface area contributed by atoms with Crippen molar-refractivity contribution in [3.63, 3.8) is 0 Å². The molecule has 170 valence electrons. The van der Waals surface area contributed by atoms with E-state index >= 15 is 4.39 Å². The molecule has 0 bridgehead atoms. The molecule has 2 aromatic carbocycles. The maximum absolute atomic E-state index is 17.3. The first-order chi connectivity index (χ1) is 16.3. The van der Waals surface area contributed by atoms with Crippen molar-refractivity contribution in [3.05, 3.63) is 115 Å². The Bertz CT molecular complexity index is 1600. The van der Waals surface area contributed by atoms with E-state index in [-0.39, 0.29) is 5.56 Å². The molecular formula is C26H19ClFIN4O. The molecule has 0 aliphatic rings. The van der Waals surface area contributed by atoms with Crippen molar-refractivity contribution < 1.29 is 4.39 Å². The van der Waals surface area contributed by atoms with Gasteiger partial charge in [0.25, 0.3) is 5.56 Å². The van der Waals surface area contributed by atoms with E-state index in [2.05, 4.69) is 32.6 Å². The molecule has 0 unspecified atom stereocenters. The largest absolute Gasteiger partial charge is 0.334 e. The molecule has 34 heavy (non-hydrogen) atoms. The van der Waals surface area contributed by atoms with Crippen LogP contribution in [0.1, 0.15) is 16.8 Å². The van der Waals surface area contributed by atoms with Crippen LogP contribution in [0.25, 0.3) is 22.2 Å². The normalized spacial score (nSPS) is 13.2. The van der Waals surface area contributed by atoms with Crippen molar-refractivity contribution in [2.45, 2.75) is 5.67 Å². The van der Waals surface area contributed by atoms with E-state index in [1.54, 1.807) is 55.3 Å². The summed E-state index contributed by atoms with van der Waals surface area (Å²) in [5.74, 6) is 0. The van der Waals surface area contributed by atoms with Crippen LogP contribution in [0.2, 0.25) is 5.02 Å². The van der Waals surface area contributed by atoms with Gasteiger partial charge in [-0.2, -0.15) is 0 Å². The van der Waals surface area contributed by atoms with Gasteiger partial charge in [0.1, 0.15) is 5.65 Å². The maximum atomic E-state index is 17.3. The van der Waals surface area contributed by atoms with E-state index in [1.807, 2.05) is 24.3 Å². The van der Waals surface area contributed by atoms with Crippen molar-refractivity contribution in [3.8, 4) is 11.1 Å². The molecule has 0 saturated heterocycles. The molecular weight excluding hydrogens is 566 g/mol. The SMILES string of the molecule is Cn1cncc1[C@@](F)(c1ccc(I)cc1)c1cnc2c(c1)c(-c1cccc(Cl)c1)cc(=O)n2C. The highest BCUT2D eigenvalue weighted by molar-refractivity contribution is 14.1. The zero-order chi connectivity index (χ0) is 24.0. The standard InChI is InChI=1S/C26H19ClFIN4O/c1-32-15-30-14-23(32)26(28,17-6-8-20(29)9-7-17)18-11-22-21(16-4-3-5-19(27)10-16)12-24(34)33(2)25(22)31-13-18/h3-15H,1-2H3/t26-/m1/s1. The topological polar surface area (TPSA) is 52.7 Å². The Morgan fingerprint density at radius 1 is 1.00 bits per heavy atom. The van der Waals surface area contributed by atoms with E-state index < -0.39 is 5.67 Å². The van der Waals surface area contributed by atoms with Crippen LogP contribution in [0, 0.1) is 3.57 Å². The van der Waals surface area contributed by atoms with Crippen LogP contribution in [0.3, 0.4) is 0 Å².